The first-order valence-corrected chi connectivity index (χ1v) is 7.85. The van der Waals surface area contributed by atoms with Gasteiger partial charge >= 0.3 is 5.97 Å². The SMILES string of the molecule is CCOC(=O)C(CSc1cccc(F)c1)(NC)C1CC1. The third-order valence-electron chi connectivity index (χ3n) is 3.62. The van der Waals surface area contributed by atoms with Crippen LogP contribution < -0.4 is 5.32 Å². The van der Waals surface area contributed by atoms with E-state index in [2.05, 4.69) is 5.32 Å². The number of halogens is 1. The molecule has 20 heavy (non-hydrogen) atoms. The highest BCUT2D eigenvalue weighted by Gasteiger charge is 2.51. The molecule has 1 aliphatic carbocycles. The number of nitrogens with one attached hydrogen (secondary N) is 1. The Labute approximate surface area is 123 Å². The Balaban J connectivity index is 2.10. The van der Waals surface area contributed by atoms with Crippen molar-refractivity contribution in [3.8, 4) is 0 Å². The number of esters is 1. The van der Waals surface area contributed by atoms with Gasteiger partial charge in [-0.2, -0.15) is 0 Å². The van der Waals surface area contributed by atoms with Crippen LogP contribution in [0.4, 0.5) is 4.39 Å². The maximum absolute atomic E-state index is 13.2. The largest absolute Gasteiger partial charge is 0.465 e. The third kappa shape index (κ3) is 3.33. The minimum absolute atomic E-state index is 0.200. The topological polar surface area (TPSA) is 38.3 Å². The van der Waals surface area contributed by atoms with Crippen molar-refractivity contribution in [2.45, 2.75) is 30.2 Å². The molecule has 0 radical (unpaired) electrons. The van der Waals surface area contributed by atoms with Crippen molar-refractivity contribution in [3.63, 3.8) is 0 Å². The molecule has 1 fully saturated rings. The third-order valence-corrected chi connectivity index (χ3v) is 4.81. The second-order valence-corrected chi connectivity index (χ2v) is 6.01. The Hall–Kier alpha value is -1.07. The quantitative estimate of drug-likeness (QED) is 0.620. The second-order valence-electron chi connectivity index (χ2n) is 4.96. The lowest BCUT2D eigenvalue weighted by molar-refractivity contribution is -0.150. The lowest BCUT2D eigenvalue weighted by Crippen LogP contribution is -2.55. The normalized spacial score (nSPS) is 17.6. The first kappa shape index (κ1) is 15.3. The minimum atomic E-state index is -0.660. The molecule has 0 aliphatic heterocycles. The van der Waals surface area contributed by atoms with Gasteiger partial charge in [-0.05, 0) is 50.9 Å². The number of rotatable bonds is 7. The van der Waals surface area contributed by atoms with Crippen molar-refractivity contribution < 1.29 is 13.9 Å². The van der Waals surface area contributed by atoms with Gasteiger partial charge in [-0.3, -0.25) is 4.79 Å². The molecule has 1 atom stereocenters. The highest BCUT2D eigenvalue weighted by atomic mass is 32.2. The number of carbonyl (C=O) groups is 1. The molecule has 1 saturated carbocycles. The Morgan fingerprint density at radius 1 is 1.55 bits per heavy atom. The van der Waals surface area contributed by atoms with Gasteiger partial charge in [0, 0.05) is 10.6 Å². The van der Waals surface area contributed by atoms with Crippen LogP contribution in [0.5, 0.6) is 0 Å². The van der Waals surface area contributed by atoms with E-state index in [0.717, 1.165) is 17.7 Å². The summed E-state index contributed by atoms with van der Waals surface area (Å²) in [7, 11) is 1.79. The van der Waals surface area contributed by atoms with Gasteiger partial charge in [-0.15, -0.1) is 11.8 Å². The summed E-state index contributed by atoms with van der Waals surface area (Å²) >= 11 is 1.49. The molecule has 1 N–H and O–H groups in total. The van der Waals surface area contributed by atoms with Crippen molar-refractivity contribution in [1.29, 1.82) is 0 Å². The number of benzene rings is 1. The summed E-state index contributed by atoms with van der Waals surface area (Å²) in [4.78, 5) is 13.1. The standard InChI is InChI=1S/C15H20FNO2S/c1-3-19-14(18)15(17-2,11-7-8-11)10-20-13-6-4-5-12(16)9-13/h4-6,9,11,17H,3,7-8,10H2,1-2H3. The van der Waals surface area contributed by atoms with E-state index >= 15 is 0 Å². The summed E-state index contributed by atoms with van der Waals surface area (Å²) < 4.78 is 18.4. The molecule has 0 heterocycles. The van der Waals surface area contributed by atoms with Crippen LogP contribution in [0.1, 0.15) is 19.8 Å². The average Bonchev–Trinajstić information content (AvgIpc) is 3.25. The van der Waals surface area contributed by atoms with Crippen LogP contribution in [0.15, 0.2) is 29.2 Å². The zero-order chi connectivity index (χ0) is 14.6. The van der Waals surface area contributed by atoms with Crippen LogP contribution in [0, 0.1) is 11.7 Å². The molecular formula is C15H20FNO2S. The molecular weight excluding hydrogens is 277 g/mol. The first-order valence-electron chi connectivity index (χ1n) is 6.87. The second kappa shape index (κ2) is 6.59. The zero-order valence-electron chi connectivity index (χ0n) is 11.8. The predicted octanol–water partition coefficient (Wildman–Crippen LogP) is 2.85. The summed E-state index contributed by atoms with van der Waals surface area (Å²) in [5.74, 6) is 0.408. The maximum atomic E-state index is 13.2. The molecule has 0 bridgehead atoms. The van der Waals surface area contributed by atoms with Crippen molar-refractivity contribution in [2.75, 3.05) is 19.4 Å². The summed E-state index contributed by atoms with van der Waals surface area (Å²) in [6.07, 6.45) is 2.06. The fourth-order valence-corrected chi connectivity index (χ4v) is 3.57. The summed E-state index contributed by atoms with van der Waals surface area (Å²) in [6, 6.07) is 6.44. The van der Waals surface area contributed by atoms with Gasteiger partial charge in [0.25, 0.3) is 0 Å². The molecule has 1 aromatic carbocycles. The van der Waals surface area contributed by atoms with Crippen LogP contribution >= 0.6 is 11.8 Å². The van der Waals surface area contributed by atoms with E-state index in [1.807, 2.05) is 13.0 Å². The average molecular weight is 297 g/mol. The van der Waals surface area contributed by atoms with Crippen LogP contribution in [0.3, 0.4) is 0 Å². The maximum Gasteiger partial charge on any atom is 0.327 e. The van der Waals surface area contributed by atoms with E-state index in [9.17, 15) is 9.18 Å². The highest BCUT2D eigenvalue weighted by molar-refractivity contribution is 7.99. The van der Waals surface area contributed by atoms with E-state index in [-0.39, 0.29) is 11.8 Å². The van der Waals surface area contributed by atoms with Crippen LogP contribution in [0.2, 0.25) is 0 Å². The Kier molecular flexibility index (Phi) is 5.05. The molecule has 0 amide bonds. The van der Waals surface area contributed by atoms with Crippen molar-refractivity contribution in [2.24, 2.45) is 5.92 Å². The van der Waals surface area contributed by atoms with Gasteiger partial charge in [-0.25, -0.2) is 4.39 Å². The fourth-order valence-electron chi connectivity index (χ4n) is 2.31. The number of hydrogen-bond acceptors (Lipinski definition) is 4. The van der Waals surface area contributed by atoms with E-state index in [4.69, 9.17) is 4.74 Å². The Morgan fingerprint density at radius 2 is 2.30 bits per heavy atom. The summed E-state index contributed by atoms with van der Waals surface area (Å²) in [5, 5.41) is 3.16. The van der Waals surface area contributed by atoms with E-state index in [1.54, 1.807) is 13.1 Å². The predicted molar refractivity (Wildman–Crippen MR) is 78.3 cm³/mol. The van der Waals surface area contributed by atoms with Crippen LogP contribution in [-0.4, -0.2) is 30.9 Å². The molecule has 1 unspecified atom stereocenters. The van der Waals surface area contributed by atoms with Gasteiger partial charge in [0.1, 0.15) is 11.4 Å². The molecule has 0 saturated heterocycles. The van der Waals surface area contributed by atoms with Gasteiger partial charge in [0.05, 0.1) is 6.61 Å². The Morgan fingerprint density at radius 3 is 2.85 bits per heavy atom. The van der Waals surface area contributed by atoms with Crippen molar-refractivity contribution in [1.82, 2.24) is 5.32 Å². The zero-order valence-corrected chi connectivity index (χ0v) is 12.6. The number of hydrogen-bond donors (Lipinski definition) is 1. The van der Waals surface area contributed by atoms with E-state index in [0.29, 0.717) is 18.3 Å². The van der Waals surface area contributed by atoms with Crippen molar-refractivity contribution in [3.05, 3.63) is 30.1 Å². The van der Waals surface area contributed by atoms with Crippen molar-refractivity contribution >= 4 is 17.7 Å². The molecule has 0 spiro atoms. The van der Waals surface area contributed by atoms with Gasteiger partial charge < -0.3 is 10.1 Å². The number of thioether (sulfide) groups is 1. The molecule has 0 aromatic heterocycles. The first-order chi connectivity index (χ1) is 9.62. The lowest BCUT2D eigenvalue weighted by Gasteiger charge is -2.31. The van der Waals surface area contributed by atoms with Gasteiger partial charge in [0.2, 0.25) is 0 Å². The Bertz CT molecular complexity index is 479. The minimum Gasteiger partial charge on any atom is -0.465 e. The summed E-state index contributed by atoms with van der Waals surface area (Å²) in [6.45, 7) is 2.19. The molecule has 1 aliphatic rings. The molecule has 5 heteroatoms. The fraction of sp³-hybridized carbons (Fsp3) is 0.533. The van der Waals surface area contributed by atoms with Gasteiger partial charge in [0.15, 0.2) is 0 Å². The van der Waals surface area contributed by atoms with E-state index in [1.165, 1.54) is 23.9 Å². The molecule has 1 aromatic rings. The molecule has 3 nitrogen and oxygen atoms in total. The van der Waals surface area contributed by atoms with Crippen LogP contribution in [-0.2, 0) is 9.53 Å². The van der Waals surface area contributed by atoms with Crippen LogP contribution in [0.25, 0.3) is 0 Å². The molecule has 2 rings (SSSR count). The van der Waals surface area contributed by atoms with E-state index < -0.39 is 5.54 Å². The number of likely N-dealkylation sites (N-methyl/N-ethyl adjacent to an activating group) is 1. The lowest BCUT2D eigenvalue weighted by atomic mass is 9.96. The monoisotopic (exact) mass is 297 g/mol. The summed E-state index contributed by atoms with van der Waals surface area (Å²) in [5.41, 5.74) is -0.660. The smallest absolute Gasteiger partial charge is 0.327 e. The highest BCUT2D eigenvalue weighted by Crippen LogP contribution is 2.43. The number of carbonyl (C=O) groups excluding carboxylic acids is 1. The van der Waals surface area contributed by atoms with Gasteiger partial charge in [-0.1, -0.05) is 6.07 Å². The number of ether oxygens (including phenoxy) is 1. The molecule has 110 valence electrons.